The molecule has 0 aliphatic heterocycles. The van der Waals surface area contributed by atoms with Crippen molar-refractivity contribution in [2.24, 2.45) is 0 Å². The Morgan fingerprint density at radius 3 is 2.38 bits per heavy atom. The van der Waals surface area contributed by atoms with E-state index >= 15 is 0 Å². The van der Waals surface area contributed by atoms with Crippen LogP contribution in [0, 0.1) is 0 Å². The van der Waals surface area contributed by atoms with Crippen LogP contribution >= 0.6 is 10.7 Å². The van der Waals surface area contributed by atoms with Gasteiger partial charge in [0.05, 0.1) is 12.3 Å². The van der Waals surface area contributed by atoms with Crippen molar-refractivity contribution < 1.29 is 17.2 Å². The van der Waals surface area contributed by atoms with E-state index in [4.69, 9.17) is 10.7 Å². The number of halogens is 3. The van der Waals surface area contributed by atoms with E-state index in [2.05, 4.69) is 0 Å². The lowest BCUT2D eigenvalue weighted by Gasteiger charge is -2.14. The van der Waals surface area contributed by atoms with Crippen LogP contribution in [0.2, 0.25) is 0 Å². The van der Waals surface area contributed by atoms with Gasteiger partial charge in [0.1, 0.15) is 0 Å². The Morgan fingerprint density at radius 2 is 2.00 bits per heavy atom. The Hall–Kier alpha value is 0.0600. The summed E-state index contributed by atoms with van der Waals surface area (Å²) >= 11 is 0. The van der Waals surface area contributed by atoms with E-state index in [1.165, 1.54) is 11.9 Å². The highest BCUT2D eigenvalue weighted by Gasteiger charge is 2.09. The first-order chi connectivity index (χ1) is 5.81. The average Bonchev–Trinajstić information content (AvgIpc) is 1.81. The van der Waals surface area contributed by atoms with Gasteiger partial charge in [0.25, 0.3) is 6.43 Å². The van der Waals surface area contributed by atoms with E-state index in [1.54, 1.807) is 0 Å². The van der Waals surface area contributed by atoms with Crippen molar-refractivity contribution in [1.29, 1.82) is 0 Å². The van der Waals surface area contributed by atoms with E-state index in [0.29, 0.717) is 6.54 Å². The maximum Gasteiger partial charge on any atom is 0.251 e. The number of nitrogens with zero attached hydrogens (tertiary/aromatic N) is 1. The molecule has 0 atom stereocenters. The van der Waals surface area contributed by atoms with Crippen LogP contribution in [0.15, 0.2) is 0 Å². The van der Waals surface area contributed by atoms with Gasteiger partial charge in [-0.15, -0.1) is 0 Å². The fourth-order valence-electron chi connectivity index (χ4n) is 0.834. The first kappa shape index (κ1) is 13.1. The molecule has 13 heavy (non-hydrogen) atoms. The van der Waals surface area contributed by atoms with Gasteiger partial charge in [-0.1, -0.05) is 0 Å². The highest BCUT2D eigenvalue weighted by molar-refractivity contribution is 8.13. The smallest absolute Gasteiger partial charge is 0.251 e. The van der Waals surface area contributed by atoms with Crippen LogP contribution in [-0.2, 0) is 9.05 Å². The van der Waals surface area contributed by atoms with Crippen molar-refractivity contribution in [3.05, 3.63) is 0 Å². The summed E-state index contributed by atoms with van der Waals surface area (Å²) in [5.74, 6) is -0.178. The first-order valence-electron chi connectivity index (χ1n) is 3.70. The van der Waals surface area contributed by atoms with E-state index in [9.17, 15) is 17.2 Å². The largest absolute Gasteiger partial charge is 0.301 e. The lowest BCUT2D eigenvalue weighted by atomic mass is 10.4. The van der Waals surface area contributed by atoms with Crippen molar-refractivity contribution >= 4 is 19.7 Å². The van der Waals surface area contributed by atoms with Gasteiger partial charge < -0.3 is 4.90 Å². The van der Waals surface area contributed by atoms with Gasteiger partial charge in [0, 0.05) is 10.7 Å². The minimum Gasteiger partial charge on any atom is -0.301 e. The summed E-state index contributed by atoms with van der Waals surface area (Å²) in [5.41, 5.74) is 0. The Kier molecular flexibility index (Phi) is 5.75. The standard InChI is InChI=1S/C6H12ClF2NO2S/c1-10(5-6(8)9)3-2-4-13(7,11)12/h6H,2-5H2,1H3. The van der Waals surface area contributed by atoms with Crippen molar-refractivity contribution in [2.75, 3.05) is 25.9 Å². The second-order valence-corrected chi connectivity index (χ2v) is 5.65. The second kappa shape index (κ2) is 5.72. The molecule has 0 rings (SSSR count). The van der Waals surface area contributed by atoms with Gasteiger partial charge in [0.15, 0.2) is 0 Å². The van der Waals surface area contributed by atoms with Crippen molar-refractivity contribution in [1.82, 2.24) is 4.90 Å². The molecule has 0 aromatic rings. The molecule has 0 saturated carbocycles. The monoisotopic (exact) mass is 235 g/mol. The quantitative estimate of drug-likeness (QED) is 0.648. The summed E-state index contributed by atoms with van der Waals surface area (Å²) in [5, 5.41) is 0. The number of alkyl halides is 2. The maximum atomic E-state index is 11.8. The van der Waals surface area contributed by atoms with E-state index in [1.807, 2.05) is 0 Å². The molecule has 3 nitrogen and oxygen atoms in total. The third kappa shape index (κ3) is 9.98. The van der Waals surface area contributed by atoms with Crippen LogP contribution in [0.3, 0.4) is 0 Å². The third-order valence-corrected chi connectivity index (χ3v) is 2.62. The molecule has 0 saturated heterocycles. The fraction of sp³-hybridized carbons (Fsp3) is 1.00. The highest BCUT2D eigenvalue weighted by Crippen LogP contribution is 2.01. The molecule has 0 N–H and O–H groups in total. The maximum absolute atomic E-state index is 11.8. The molecule has 0 amide bonds. The van der Waals surface area contributed by atoms with Crippen molar-refractivity contribution in [2.45, 2.75) is 12.8 Å². The molecular formula is C6H12ClF2NO2S. The molecule has 0 fully saturated rings. The lowest BCUT2D eigenvalue weighted by Crippen LogP contribution is -2.26. The zero-order chi connectivity index (χ0) is 10.5. The minimum atomic E-state index is -3.49. The Morgan fingerprint density at radius 1 is 1.46 bits per heavy atom. The normalized spacial score (nSPS) is 12.8. The first-order valence-corrected chi connectivity index (χ1v) is 6.18. The molecule has 7 heteroatoms. The molecule has 80 valence electrons. The average molecular weight is 236 g/mol. The number of hydrogen-bond acceptors (Lipinski definition) is 3. The Labute approximate surface area is 81.1 Å². The molecule has 0 aromatic heterocycles. The van der Waals surface area contributed by atoms with Gasteiger partial charge in [-0.3, -0.25) is 0 Å². The molecule has 0 radical (unpaired) electrons. The molecule has 0 bridgehead atoms. The number of rotatable bonds is 6. The predicted molar refractivity (Wildman–Crippen MR) is 47.8 cm³/mol. The van der Waals surface area contributed by atoms with Crippen molar-refractivity contribution in [3.63, 3.8) is 0 Å². The van der Waals surface area contributed by atoms with E-state index in [-0.39, 0.29) is 18.7 Å². The summed E-state index contributed by atoms with van der Waals surface area (Å²) in [6, 6.07) is 0. The van der Waals surface area contributed by atoms with Crippen LogP contribution in [0.4, 0.5) is 8.78 Å². The summed E-state index contributed by atoms with van der Waals surface area (Å²) < 4.78 is 44.4. The molecule has 0 aromatic carbocycles. The predicted octanol–water partition coefficient (Wildman–Crippen LogP) is 1.14. The highest BCUT2D eigenvalue weighted by atomic mass is 35.7. The van der Waals surface area contributed by atoms with Crippen LogP contribution in [-0.4, -0.2) is 45.6 Å². The van der Waals surface area contributed by atoms with Gasteiger partial charge in [-0.2, -0.15) is 0 Å². The molecule has 0 spiro atoms. The van der Waals surface area contributed by atoms with Crippen LogP contribution in [0.25, 0.3) is 0 Å². The molecule has 0 unspecified atom stereocenters. The van der Waals surface area contributed by atoms with Gasteiger partial charge >= 0.3 is 0 Å². The topological polar surface area (TPSA) is 37.4 Å². The summed E-state index contributed by atoms with van der Waals surface area (Å²) in [6.07, 6.45) is -2.12. The Bertz CT molecular complexity index is 233. The lowest BCUT2D eigenvalue weighted by molar-refractivity contribution is 0.101. The Balaban J connectivity index is 3.54. The van der Waals surface area contributed by atoms with Crippen LogP contribution in [0.1, 0.15) is 6.42 Å². The zero-order valence-electron chi connectivity index (χ0n) is 7.21. The minimum absolute atomic E-state index is 0.178. The molecule has 0 aliphatic carbocycles. The van der Waals surface area contributed by atoms with Crippen molar-refractivity contribution in [3.8, 4) is 0 Å². The molecule has 0 heterocycles. The fourth-order valence-corrected chi connectivity index (χ4v) is 1.64. The van der Waals surface area contributed by atoms with E-state index < -0.39 is 15.5 Å². The van der Waals surface area contributed by atoms with Crippen LogP contribution < -0.4 is 0 Å². The summed E-state index contributed by atoms with van der Waals surface area (Å²) in [4.78, 5) is 1.37. The SMILES string of the molecule is CN(CCCS(=O)(=O)Cl)CC(F)F. The summed E-state index contributed by atoms with van der Waals surface area (Å²) in [7, 11) is 2.94. The van der Waals surface area contributed by atoms with Gasteiger partial charge in [0.2, 0.25) is 9.05 Å². The summed E-state index contributed by atoms with van der Waals surface area (Å²) in [6.45, 7) is -0.0430. The third-order valence-electron chi connectivity index (χ3n) is 1.38. The second-order valence-electron chi connectivity index (χ2n) is 2.75. The van der Waals surface area contributed by atoms with Crippen LogP contribution in [0.5, 0.6) is 0 Å². The van der Waals surface area contributed by atoms with Gasteiger partial charge in [-0.05, 0) is 20.0 Å². The number of hydrogen-bond donors (Lipinski definition) is 0. The molecular weight excluding hydrogens is 224 g/mol. The van der Waals surface area contributed by atoms with Gasteiger partial charge in [-0.25, -0.2) is 17.2 Å². The molecule has 0 aliphatic rings. The van der Waals surface area contributed by atoms with E-state index in [0.717, 1.165) is 0 Å². The zero-order valence-corrected chi connectivity index (χ0v) is 8.78.